The Bertz CT molecular complexity index is 657. The van der Waals surface area contributed by atoms with Crippen LogP contribution in [-0.2, 0) is 4.79 Å². The Hall–Kier alpha value is -2.08. The Morgan fingerprint density at radius 3 is 2.52 bits per heavy atom. The van der Waals surface area contributed by atoms with Crippen molar-refractivity contribution in [2.24, 2.45) is 5.92 Å². The minimum atomic E-state index is -0.804. The van der Waals surface area contributed by atoms with Crippen LogP contribution >= 0.6 is 0 Å². The minimum Gasteiger partial charge on any atom is -0.480 e. The van der Waals surface area contributed by atoms with E-state index < -0.39 is 5.97 Å². The Labute approximate surface area is 161 Å². The first kappa shape index (κ1) is 19.7. The third-order valence-corrected chi connectivity index (χ3v) is 5.80. The van der Waals surface area contributed by atoms with Crippen molar-refractivity contribution >= 4 is 12.0 Å². The van der Waals surface area contributed by atoms with Crippen molar-refractivity contribution in [3.8, 4) is 0 Å². The first-order valence-corrected chi connectivity index (χ1v) is 9.98. The number of likely N-dealkylation sites (tertiary alicyclic amines) is 1. The molecule has 2 fully saturated rings. The fourth-order valence-electron chi connectivity index (χ4n) is 3.97. The average molecular weight is 373 g/mol. The molecule has 0 aromatic heterocycles. The van der Waals surface area contributed by atoms with Crippen molar-refractivity contribution in [3.63, 3.8) is 0 Å². The van der Waals surface area contributed by atoms with Crippen molar-refractivity contribution in [1.29, 1.82) is 0 Å². The van der Waals surface area contributed by atoms with Gasteiger partial charge in [-0.2, -0.15) is 0 Å². The lowest BCUT2D eigenvalue weighted by Crippen LogP contribution is -2.43. The number of carbonyl (C=O) groups is 2. The summed E-state index contributed by atoms with van der Waals surface area (Å²) in [4.78, 5) is 27.6. The smallest absolute Gasteiger partial charge is 0.317 e. The Morgan fingerprint density at radius 2 is 1.89 bits per heavy atom. The molecule has 0 radical (unpaired) electrons. The third kappa shape index (κ3) is 5.45. The number of hydrogen-bond donors (Lipinski definition) is 2. The van der Waals surface area contributed by atoms with E-state index in [0.29, 0.717) is 12.5 Å². The van der Waals surface area contributed by atoms with E-state index >= 15 is 0 Å². The van der Waals surface area contributed by atoms with Crippen molar-refractivity contribution in [2.45, 2.75) is 51.1 Å². The second-order valence-corrected chi connectivity index (χ2v) is 8.06. The second-order valence-electron chi connectivity index (χ2n) is 8.06. The van der Waals surface area contributed by atoms with Gasteiger partial charge in [0.25, 0.3) is 0 Å². The number of nitrogens with zero attached hydrogens (tertiary/aromatic N) is 2. The summed E-state index contributed by atoms with van der Waals surface area (Å²) in [6.07, 6.45) is 4.98. The lowest BCUT2D eigenvalue weighted by Gasteiger charge is -2.27. The molecule has 6 heteroatoms. The predicted octanol–water partition coefficient (Wildman–Crippen LogP) is 3.03. The van der Waals surface area contributed by atoms with Crippen LogP contribution in [0.1, 0.15) is 49.3 Å². The molecule has 0 bridgehead atoms. The molecule has 2 unspecified atom stereocenters. The number of aliphatic carboxylic acids is 1. The number of rotatable bonds is 6. The maximum atomic E-state index is 12.9. The van der Waals surface area contributed by atoms with Gasteiger partial charge >= 0.3 is 12.0 Å². The van der Waals surface area contributed by atoms with Gasteiger partial charge in [-0.25, -0.2) is 4.79 Å². The largest absolute Gasteiger partial charge is 0.480 e. The number of benzene rings is 1. The Morgan fingerprint density at radius 1 is 1.19 bits per heavy atom. The number of carboxylic acid groups (broad SMARTS) is 1. The molecule has 3 rings (SSSR count). The molecule has 6 nitrogen and oxygen atoms in total. The highest BCUT2D eigenvalue weighted by Crippen LogP contribution is 2.41. The highest BCUT2D eigenvalue weighted by Gasteiger charge is 2.34. The van der Waals surface area contributed by atoms with Gasteiger partial charge in [-0.1, -0.05) is 29.8 Å². The molecule has 2 atom stereocenters. The summed E-state index contributed by atoms with van der Waals surface area (Å²) in [6.45, 7) is 3.53. The first-order chi connectivity index (χ1) is 12.9. The van der Waals surface area contributed by atoms with Gasteiger partial charge in [-0.15, -0.1) is 0 Å². The number of carbonyl (C=O) groups excluding carboxylic acids is 1. The summed E-state index contributed by atoms with van der Waals surface area (Å²) >= 11 is 0. The molecule has 2 N–H and O–H groups in total. The molecular formula is C21H31N3O3. The van der Waals surface area contributed by atoms with Crippen LogP contribution in [0, 0.1) is 12.8 Å². The fraction of sp³-hybridized carbons (Fsp3) is 0.619. The number of carboxylic acids is 1. The molecule has 0 spiro atoms. The van der Waals surface area contributed by atoms with Crippen LogP contribution in [0.15, 0.2) is 24.3 Å². The third-order valence-electron chi connectivity index (χ3n) is 5.80. The van der Waals surface area contributed by atoms with Gasteiger partial charge in [-0.3, -0.25) is 9.69 Å². The van der Waals surface area contributed by atoms with Crippen LogP contribution in [0.5, 0.6) is 0 Å². The first-order valence-electron chi connectivity index (χ1n) is 9.98. The Kier molecular flexibility index (Phi) is 6.37. The van der Waals surface area contributed by atoms with E-state index in [2.05, 4.69) is 36.5 Å². The number of likely N-dealkylation sites (N-methyl/N-ethyl adjacent to an activating group) is 1. The second kappa shape index (κ2) is 8.74. The highest BCUT2D eigenvalue weighted by atomic mass is 16.4. The van der Waals surface area contributed by atoms with Gasteiger partial charge < -0.3 is 15.3 Å². The van der Waals surface area contributed by atoms with Crippen molar-refractivity contribution < 1.29 is 14.7 Å². The molecule has 1 aromatic carbocycles. The monoisotopic (exact) mass is 373 g/mol. The number of amides is 2. The summed E-state index contributed by atoms with van der Waals surface area (Å²) in [5.74, 6) is -0.264. The molecule has 2 amide bonds. The van der Waals surface area contributed by atoms with Gasteiger partial charge in [0.05, 0.1) is 12.6 Å². The molecule has 148 valence electrons. The predicted molar refractivity (Wildman–Crippen MR) is 105 cm³/mol. The summed E-state index contributed by atoms with van der Waals surface area (Å²) in [7, 11) is 1.86. The van der Waals surface area contributed by atoms with Crippen LogP contribution in [-0.4, -0.2) is 59.6 Å². The normalized spacial score (nSPS) is 21.6. The van der Waals surface area contributed by atoms with Gasteiger partial charge in [0.2, 0.25) is 0 Å². The van der Waals surface area contributed by atoms with Gasteiger partial charge in [0.1, 0.15) is 0 Å². The summed E-state index contributed by atoms with van der Waals surface area (Å²) in [5, 5.41) is 12.3. The van der Waals surface area contributed by atoms with Crippen molar-refractivity contribution in [1.82, 2.24) is 15.1 Å². The maximum Gasteiger partial charge on any atom is 0.317 e. The minimum absolute atomic E-state index is 0.00835. The zero-order valence-corrected chi connectivity index (χ0v) is 16.4. The molecule has 1 aliphatic heterocycles. The summed E-state index contributed by atoms with van der Waals surface area (Å²) in [5.41, 5.74) is 2.41. The van der Waals surface area contributed by atoms with E-state index in [1.54, 1.807) is 0 Å². The SMILES string of the molecule is Cc1ccc(C(NC(=O)N2CCCC(N(C)CC(=O)O)CC2)C2CC2)cc1. The number of nitrogens with one attached hydrogen (secondary N) is 1. The number of hydrogen-bond acceptors (Lipinski definition) is 3. The van der Waals surface area contributed by atoms with E-state index in [9.17, 15) is 9.59 Å². The Balaban J connectivity index is 1.58. The zero-order chi connectivity index (χ0) is 19.4. The molecule has 1 saturated carbocycles. The van der Waals surface area contributed by atoms with Crippen LogP contribution in [0.25, 0.3) is 0 Å². The van der Waals surface area contributed by atoms with E-state index in [1.165, 1.54) is 24.0 Å². The summed E-state index contributed by atoms with van der Waals surface area (Å²) < 4.78 is 0. The number of urea groups is 1. The average Bonchev–Trinajstić information content (AvgIpc) is 3.46. The molecule has 2 aliphatic rings. The van der Waals surface area contributed by atoms with Crippen molar-refractivity contribution in [3.05, 3.63) is 35.4 Å². The molecular weight excluding hydrogens is 342 g/mol. The fourth-order valence-corrected chi connectivity index (χ4v) is 3.97. The molecule has 27 heavy (non-hydrogen) atoms. The summed E-state index contributed by atoms with van der Waals surface area (Å²) in [6, 6.07) is 8.77. The lowest BCUT2D eigenvalue weighted by atomic mass is 10.0. The van der Waals surface area contributed by atoms with Crippen LogP contribution < -0.4 is 5.32 Å². The van der Waals surface area contributed by atoms with E-state index in [4.69, 9.17) is 5.11 Å². The number of aryl methyl sites for hydroxylation is 1. The van der Waals surface area contributed by atoms with E-state index in [-0.39, 0.29) is 24.7 Å². The quantitative estimate of drug-likeness (QED) is 0.804. The van der Waals surface area contributed by atoms with E-state index in [1.807, 2.05) is 16.8 Å². The maximum absolute atomic E-state index is 12.9. The van der Waals surface area contributed by atoms with E-state index in [0.717, 1.165) is 25.8 Å². The molecule has 1 aliphatic carbocycles. The van der Waals surface area contributed by atoms with Crippen molar-refractivity contribution in [2.75, 3.05) is 26.7 Å². The van der Waals surface area contributed by atoms with Gasteiger partial charge in [0.15, 0.2) is 0 Å². The topological polar surface area (TPSA) is 72.9 Å². The van der Waals surface area contributed by atoms with Gasteiger partial charge in [-0.05, 0) is 57.6 Å². The van der Waals surface area contributed by atoms with Crippen LogP contribution in [0.4, 0.5) is 4.79 Å². The standard InChI is InChI=1S/C21H31N3O3/c1-15-5-7-16(8-6-15)20(17-9-10-17)22-21(27)24-12-3-4-18(11-13-24)23(2)14-19(25)26/h5-8,17-18,20H,3-4,9-14H2,1-2H3,(H,22,27)(H,25,26). The van der Waals surface area contributed by atoms with Gasteiger partial charge in [0, 0.05) is 19.1 Å². The zero-order valence-electron chi connectivity index (χ0n) is 16.4. The molecule has 1 aromatic rings. The lowest BCUT2D eigenvalue weighted by molar-refractivity contribution is -0.138. The van der Waals surface area contributed by atoms with Crippen LogP contribution in [0.2, 0.25) is 0 Å². The van der Waals surface area contributed by atoms with Crippen LogP contribution in [0.3, 0.4) is 0 Å². The highest BCUT2D eigenvalue weighted by molar-refractivity contribution is 5.75. The molecule has 1 heterocycles. The molecule has 1 saturated heterocycles.